The zero-order chi connectivity index (χ0) is 45.6. The van der Waals surface area contributed by atoms with Crippen molar-refractivity contribution >= 4 is 66.4 Å². The van der Waals surface area contributed by atoms with Crippen LogP contribution in [0.4, 0.5) is 51.7 Å². The molecule has 10 rings (SSSR count). The largest absolute Gasteiger partial charge is 0.307 e. The molecule has 66 heavy (non-hydrogen) atoms. The van der Waals surface area contributed by atoms with E-state index in [-0.39, 0.29) is 22.5 Å². The molecule has 0 bridgehead atoms. The molecule has 10 aromatic rings. The van der Waals surface area contributed by atoms with Crippen LogP contribution in [-0.2, 0) is 0 Å². The number of halogens is 4. The molecular formula is C56H28F4N6. The maximum absolute atomic E-state index is 16.8. The number of nitrogens with zero attached hydrogens (tertiary/aromatic N) is 6. The Hall–Kier alpha value is -9.48. The number of nitriles is 4. The molecular weight excluding hydrogens is 833 g/mol. The summed E-state index contributed by atoms with van der Waals surface area (Å²) in [7, 11) is 0. The minimum atomic E-state index is -0.875. The molecule has 0 aliphatic rings. The molecule has 0 saturated carbocycles. The Labute approximate surface area is 375 Å². The highest BCUT2D eigenvalue weighted by Gasteiger charge is 2.28. The van der Waals surface area contributed by atoms with Gasteiger partial charge in [0.25, 0.3) is 0 Å². The van der Waals surface area contributed by atoms with Gasteiger partial charge >= 0.3 is 0 Å². The minimum absolute atomic E-state index is 0.00121. The molecule has 0 N–H and O–H groups in total. The van der Waals surface area contributed by atoms with Crippen molar-refractivity contribution in [3.05, 3.63) is 215 Å². The van der Waals surface area contributed by atoms with Gasteiger partial charge in [0.15, 0.2) is 11.6 Å². The van der Waals surface area contributed by atoms with Crippen molar-refractivity contribution in [3.63, 3.8) is 0 Å². The highest BCUT2D eigenvalue weighted by molar-refractivity contribution is 6.28. The van der Waals surface area contributed by atoms with Gasteiger partial charge in [-0.1, -0.05) is 60.7 Å². The Balaban J connectivity index is 1.27. The summed E-state index contributed by atoms with van der Waals surface area (Å²) in [5.74, 6) is -3.39. The van der Waals surface area contributed by atoms with Crippen molar-refractivity contribution in [1.82, 2.24) is 0 Å². The molecule has 0 heterocycles. The molecule has 0 aliphatic carbocycles. The van der Waals surface area contributed by atoms with Crippen molar-refractivity contribution < 1.29 is 17.6 Å². The van der Waals surface area contributed by atoms with Crippen LogP contribution in [-0.4, -0.2) is 0 Å². The fourth-order valence-corrected chi connectivity index (χ4v) is 8.85. The highest BCUT2D eigenvalue weighted by atomic mass is 19.1. The summed E-state index contributed by atoms with van der Waals surface area (Å²) in [6.45, 7) is 0. The van der Waals surface area contributed by atoms with Gasteiger partial charge in [0.2, 0.25) is 0 Å². The maximum atomic E-state index is 16.8. The monoisotopic (exact) mass is 860 g/mol. The number of benzene rings is 10. The summed E-state index contributed by atoms with van der Waals surface area (Å²) < 4.78 is 64.3. The van der Waals surface area contributed by atoms with E-state index in [1.54, 1.807) is 107 Å². The molecule has 0 amide bonds. The van der Waals surface area contributed by atoms with E-state index in [1.165, 1.54) is 12.1 Å². The van der Waals surface area contributed by atoms with Crippen LogP contribution in [0.15, 0.2) is 170 Å². The van der Waals surface area contributed by atoms with Crippen LogP contribution in [0.25, 0.3) is 54.6 Å². The molecule has 0 radical (unpaired) electrons. The second-order valence-corrected chi connectivity index (χ2v) is 15.5. The van der Waals surface area contributed by atoms with E-state index in [9.17, 15) is 21.0 Å². The summed E-state index contributed by atoms with van der Waals surface area (Å²) in [5.41, 5.74) is 4.41. The molecule has 0 atom stereocenters. The SMILES string of the molecule is N#Cc1ccc(N(c2c(F)cc(F)cc2-c2cccc(C#N)c2)c2ccc3ccc4c(N(c5ccc(C#N)cc5)c5c(F)cc(F)cc5-c5cccc(C#N)c5)ccc5ccc2c3c54)cc1. The third-order valence-corrected chi connectivity index (χ3v) is 11.7. The highest BCUT2D eigenvalue weighted by Crippen LogP contribution is 2.51. The van der Waals surface area contributed by atoms with E-state index in [4.69, 9.17) is 0 Å². The first-order valence-corrected chi connectivity index (χ1v) is 20.5. The lowest BCUT2D eigenvalue weighted by Crippen LogP contribution is -2.15. The fourth-order valence-electron chi connectivity index (χ4n) is 8.85. The molecule has 0 saturated heterocycles. The third-order valence-electron chi connectivity index (χ3n) is 11.7. The van der Waals surface area contributed by atoms with Gasteiger partial charge < -0.3 is 9.80 Å². The van der Waals surface area contributed by atoms with E-state index in [2.05, 4.69) is 24.3 Å². The molecule has 6 nitrogen and oxygen atoms in total. The minimum Gasteiger partial charge on any atom is -0.307 e. The molecule has 10 heteroatoms. The summed E-state index contributed by atoms with van der Waals surface area (Å²) in [5, 5.41) is 43.5. The van der Waals surface area contributed by atoms with Gasteiger partial charge in [-0.15, -0.1) is 0 Å². The van der Waals surface area contributed by atoms with Crippen molar-refractivity contribution in [2.75, 3.05) is 9.80 Å². The normalized spacial score (nSPS) is 11.0. The summed E-state index contributed by atoms with van der Waals surface area (Å²) in [6.07, 6.45) is 0. The van der Waals surface area contributed by atoms with E-state index >= 15 is 17.6 Å². The molecule has 10 aromatic carbocycles. The predicted molar refractivity (Wildman–Crippen MR) is 249 cm³/mol. The Morgan fingerprint density at radius 1 is 0.364 bits per heavy atom. The lowest BCUT2D eigenvalue weighted by molar-refractivity contribution is 0.584. The zero-order valence-corrected chi connectivity index (χ0v) is 34.4. The van der Waals surface area contributed by atoms with Crippen LogP contribution in [0.2, 0.25) is 0 Å². The standard InChI is InChI=1S/C56H28F4N6/c57-41-25-47(39-5-1-3-35(23-39)31-63)55(49(59)27-41)65(43-15-7-33(29-61)8-16-43)51-21-13-37-12-20-46-52(22-14-38-11-19-45(51)53(37)54(38)46)66(44-17-9-34(30-62)10-18-44)56-48(26-42(58)28-50(56)60)40-6-2-4-36(24-40)32-64/h1-28H. The molecule has 0 unspecified atom stereocenters. The predicted octanol–water partition coefficient (Wildman–Crippen LogP) is 14.9. The number of rotatable bonds is 8. The van der Waals surface area contributed by atoms with Crippen LogP contribution < -0.4 is 9.80 Å². The lowest BCUT2D eigenvalue weighted by Gasteiger charge is -2.31. The van der Waals surface area contributed by atoms with Gasteiger partial charge in [0.1, 0.15) is 11.6 Å². The fraction of sp³-hybridized carbons (Fsp3) is 0. The van der Waals surface area contributed by atoms with Crippen molar-refractivity contribution in [3.8, 4) is 46.5 Å². The van der Waals surface area contributed by atoms with Gasteiger partial charge in [-0.25, -0.2) is 17.6 Å². The van der Waals surface area contributed by atoms with Crippen LogP contribution in [0.5, 0.6) is 0 Å². The number of hydrogen-bond donors (Lipinski definition) is 0. The van der Waals surface area contributed by atoms with Crippen LogP contribution >= 0.6 is 0 Å². The van der Waals surface area contributed by atoms with Crippen LogP contribution in [0.3, 0.4) is 0 Å². The summed E-state index contributed by atoms with van der Waals surface area (Å²) >= 11 is 0. The Bertz CT molecular complexity index is 3520. The maximum Gasteiger partial charge on any atom is 0.150 e. The quantitative estimate of drug-likeness (QED) is 0.111. The van der Waals surface area contributed by atoms with E-state index < -0.39 is 23.3 Å². The lowest BCUT2D eigenvalue weighted by atomic mass is 9.91. The van der Waals surface area contributed by atoms with Crippen molar-refractivity contribution in [2.24, 2.45) is 0 Å². The second kappa shape index (κ2) is 16.3. The summed E-state index contributed by atoms with van der Waals surface area (Å²) in [4.78, 5) is 3.35. The number of anilines is 6. The smallest absolute Gasteiger partial charge is 0.150 e. The second-order valence-electron chi connectivity index (χ2n) is 15.5. The van der Waals surface area contributed by atoms with E-state index in [0.717, 1.165) is 33.7 Å². The zero-order valence-electron chi connectivity index (χ0n) is 34.4. The van der Waals surface area contributed by atoms with Gasteiger partial charge in [-0.3, -0.25) is 0 Å². The topological polar surface area (TPSA) is 102 Å². The van der Waals surface area contributed by atoms with Crippen LogP contribution in [0.1, 0.15) is 22.3 Å². The molecule has 0 aromatic heterocycles. The average molecular weight is 861 g/mol. The Morgan fingerprint density at radius 2 is 0.742 bits per heavy atom. The Morgan fingerprint density at radius 3 is 1.12 bits per heavy atom. The average Bonchev–Trinajstić information content (AvgIpc) is 3.35. The van der Waals surface area contributed by atoms with Gasteiger partial charge in [-0.05, 0) is 130 Å². The van der Waals surface area contributed by atoms with Crippen molar-refractivity contribution in [1.29, 1.82) is 21.0 Å². The molecule has 0 spiro atoms. The number of hydrogen-bond acceptors (Lipinski definition) is 6. The Kier molecular flexibility index (Phi) is 10.0. The van der Waals surface area contributed by atoms with E-state index in [0.29, 0.717) is 66.9 Å². The first-order chi connectivity index (χ1) is 32.2. The van der Waals surface area contributed by atoms with Gasteiger partial charge in [0.05, 0.1) is 69.3 Å². The third kappa shape index (κ3) is 6.89. The van der Waals surface area contributed by atoms with Gasteiger partial charge in [-0.2, -0.15) is 21.0 Å². The van der Waals surface area contributed by atoms with Crippen molar-refractivity contribution in [2.45, 2.75) is 0 Å². The van der Waals surface area contributed by atoms with Gasteiger partial charge in [0, 0.05) is 45.4 Å². The summed E-state index contributed by atoms with van der Waals surface area (Å²) in [6, 6.07) is 53.9. The van der Waals surface area contributed by atoms with Crippen LogP contribution in [0, 0.1) is 68.6 Å². The first-order valence-electron chi connectivity index (χ1n) is 20.5. The molecule has 0 aliphatic heterocycles. The molecule has 310 valence electrons. The molecule has 0 fully saturated rings. The van der Waals surface area contributed by atoms with E-state index in [1.807, 2.05) is 48.5 Å². The first kappa shape index (κ1) is 40.6.